The van der Waals surface area contributed by atoms with E-state index in [0.717, 1.165) is 60.4 Å². The Kier molecular flexibility index (Phi) is 6.71. The van der Waals surface area contributed by atoms with Crippen LogP contribution in [0.15, 0.2) is 31.6 Å². The van der Waals surface area contributed by atoms with Crippen molar-refractivity contribution in [1.29, 1.82) is 0 Å². The van der Waals surface area contributed by atoms with E-state index < -0.39 is 0 Å². The number of nitrogens with zero attached hydrogens (tertiary/aromatic N) is 1. The summed E-state index contributed by atoms with van der Waals surface area (Å²) in [6, 6.07) is 4.35. The Bertz CT molecular complexity index is 928. The first-order chi connectivity index (χ1) is 13.7. The highest BCUT2D eigenvalue weighted by Gasteiger charge is 2.18. The molecule has 0 amide bonds. The molecule has 0 aliphatic rings. The topological polar surface area (TPSA) is 52.3 Å². The molecule has 0 aromatic carbocycles. The summed E-state index contributed by atoms with van der Waals surface area (Å²) < 4.78 is 17.8. The summed E-state index contributed by atoms with van der Waals surface area (Å²) in [5.41, 5.74) is 2.57. The first kappa shape index (κ1) is 21.5. The van der Waals surface area contributed by atoms with Gasteiger partial charge in [0.15, 0.2) is 5.89 Å². The summed E-state index contributed by atoms with van der Waals surface area (Å²) >= 11 is 0. The molecule has 0 aliphatic heterocycles. The van der Waals surface area contributed by atoms with Crippen LogP contribution in [0.3, 0.4) is 0 Å². The molecule has 0 bridgehead atoms. The standard InChI is InChI=1S/C25H35NO3/c1-15(2)25-26-14-22(29-25)12-17(4)23-13-21(20(7)28-23)10-8-9-16(3)24-18(5)11-19(6)27-24/h11,13-17H,8-10,12H2,1-7H3. The zero-order valence-corrected chi connectivity index (χ0v) is 19.0. The molecule has 4 nitrogen and oxygen atoms in total. The predicted molar refractivity (Wildman–Crippen MR) is 116 cm³/mol. The predicted octanol–water partition coefficient (Wildman–Crippen LogP) is 7.38. The van der Waals surface area contributed by atoms with Gasteiger partial charge in [0.2, 0.25) is 0 Å². The normalized spacial score (nSPS) is 13.9. The van der Waals surface area contributed by atoms with Crippen molar-refractivity contribution in [1.82, 2.24) is 4.98 Å². The van der Waals surface area contributed by atoms with Gasteiger partial charge < -0.3 is 13.3 Å². The molecule has 0 N–H and O–H groups in total. The fraction of sp³-hybridized carbons (Fsp3) is 0.560. The molecule has 3 aromatic heterocycles. The van der Waals surface area contributed by atoms with Gasteiger partial charge in [0.1, 0.15) is 28.8 Å². The van der Waals surface area contributed by atoms with E-state index in [4.69, 9.17) is 13.3 Å². The zero-order chi connectivity index (χ0) is 21.1. The third-order valence-corrected chi connectivity index (χ3v) is 5.71. The summed E-state index contributed by atoms with van der Waals surface area (Å²) in [5, 5.41) is 0. The van der Waals surface area contributed by atoms with Gasteiger partial charge in [-0.25, -0.2) is 4.98 Å². The van der Waals surface area contributed by atoms with Gasteiger partial charge in [-0.15, -0.1) is 0 Å². The molecule has 0 aliphatic carbocycles. The summed E-state index contributed by atoms with van der Waals surface area (Å²) in [7, 11) is 0. The number of hydrogen-bond donors (Lipinski definition) is 0. The van der Waals surface area contributed by atoms with Gasteiger partial charge >= 0.3 is 0 Å². The number of oxazole rings is 1. The molecule has 0 saturated heterocycles. The van der Waals surface area contributed by atoms with Gasteiger partial charge in [-0.1, -0.05) is 27.7 Å². The minimum Gasteiger partial charge on any atom is -0.466 e. The molecule has 3 heterocycles. The van der Waals surface area contributed by atoms with Gasteiger partial charge in [0, 0.05) is 24.2 Å². The fourth-order valence-corrected chi connectivity index (χ4v) is 4.00. The lowest BCUT2D eigenvalue weighted by atomic mass is 9.96. The van der Waals surface area contributed by atoms with Gasteiger partial charge in [0.25, 0.3) is 0 Å². The number of aromatic nitrogens is 1. The van der Waals surface area contributed by atoms with Crippen molar-refractivity contribution in [2.75, 3.05) is 0 Å². The van der Waals surface area contributed by atoms with Crippen molar-refractivity contribution in [3.8, 4) is 0 Å². The summed E-state index contributed by atoms with van der Waals surface area (Å²) in [4.78, 5) is 4.37. The highest BCUT2D eigenvalue weighted by molar-refractivity contribution is 5.24. The molecule has 0 fully saturated rings. The molecule has 0 spiro atoms. The zero-order valence-electron chi connectivity index (χ0n) is 19.0. The van der Waals surface area contributed by atoms with Crippen molar-refractivity contribution < 1.29 is 13.3 Å². The average Bonchev–Trinajstić information content (AvgIpc) is 3.34. The SMILES string of the molecule is Cc1cc(C)c(C(C)CCCc2cc(C(C)Cc3cnc(C(C)C)o3)oc2C)o1. The number of rotatable bonds is 9. The van der Waals surface area contributed by atoms with E-state index >= 15 is 0 Å². The lowest BCUT2D eigenvalue weighted by Crippen LogP contribution is -1.96. The number of furan rings is 2. The largest absolute Gasteiger partial charge is 0.466 e. The number of aryl methyl sites for hydroxylation is 4. The molecule has 4 heteroatoms. The maximum atomic E-state index is 6.09. The summed E-state index contributed by atoms with van der Waals surface area (Å²) in [6.07, 6.45) is 5.92. The van der Waals surface area contributed by atoms with Gasteiger partial charge in [-0.3, -0.25) is 0 Å². The van der Waals surface area contributed by atoms with Gasteiger partial charge in [-0.2, -0.15) is 0 Å². The van der Waals surface area contributed by atoms with E-state index in [1.807, 2.05) is 13.1 Å². The van der Waals surface area contributed by atoms with E-state index in [0.29, 0.717) is 11.8 Å². The highest BCUT2D eigenvalue weighted by atomic mass is 16.4. The second-order valence-electron chi connectivity index (χ2n) is 8.85. The fourth-order valence-electron chi connectivity index (χ4n) is 4.00. The van der Waals surface area contributed by atoms with Crippen LogP contribution in [0.1, 0.15) is 104 Å². The molecular weight excluding hydrogens is 362 g/mol. The maximum absolute atomic E-state index is 6.09. The Morgan fingerprint density at radius 1 is 0.931 bits per heavy atom. The lowest BCUT2D eigenvalue weighted by Gasteiger charge is -2.09. The minimum atomic E-state index is 0.267. The van der Waals surface area contributed by atoms with E-state index in [1.54, 1.807) is 0 Å². The van der Waals surface area contributed by atoms with Gasteiger partial charge in [-0.05, 0) is 63.3 Å². The van der Waals surface area contributed by atoms with E-state index in [2.05, 4.69) is 58.7 Å². The lowest BCUT2D eigenvalue weighted by molar-refractivity contribution is 0.403. The summed E-state index contributed by atoms with van der Waals surface area (Å²) in [5.74, 6) is 6.95. The highest BCUT2D eigenvalue weighted by Crippen LogP contribution is 2.30. The maximum Gasteiger partial charge on any atom is 0.196 e. The smallest absolute Gasteiger partial charge is 0.196 e. The molecule has 2 atom stereocenters. The first-order valence-corrected chi connectivity index (χ1v) is 10.8. The van der Waals surface area contributed by atoms with Crippen molar-refractivity contribution in [3.05, 3.63) is 64.1 Å². The van der Waals surface area contributed by atoms with Crippen molar-refractivity contribution in [3.63, 3.8) is 0 Å². The second kappa shape index (κ2) is 9.06. The Hall–Kier alpha value is -2.23. The number of hydrogen-bond acceptors (Lipinski definition) is 4. The monoisotopic (exact) mass is 397 g/mol. The van der Waals surface area contributed by atoms with Crippen molar-refractivity contribution in [2.24, 2.45) is 0 Å². The van der Waals surface area contributed by atoms with E-state index in [-0.39, 0.29) is 5.92 Å². The molecule has 158 valence electrons. The molecule has 0 radical (unpaired) electrons. The van der Waals surface area contributed by atoms with Crippen LogP contribution in [0.25, 0.3) is 0 Å². The van der Waals surface area contributed by atoms with Crippen LogP contribution in [0.5, 0.6) is 0 Å². The first-order valence-electron chi connectivity index (χ1n) is 10.8. The second-order valence-corrected chi connectivity index (χ2v) is 8.85. The Labute approximate surface area is 174 Å². The third-order valence-electron chi connectivity index (χ3n) is 5.71. The molecule has 3 rings (SSSR count). The molecule has 3 aromatic rings. The van der Waals surface area contributed by atoms with E-state index in [9.17, 15) is 0 Å². The molecule has 2 unspecified atom stereocenters. The van der Waals surface area contributed by atoms with Crippen LogP contribution in [-0.2, 0) is 12.8 Å². The Morgan fingerprint density at radius 3 is 2.31 bits per heavy atom. The Balaban J connectivity index is 1.55. The summed E-state index contributed by atoms with van der Waals surface area (Å²) in [6.45, 7) is 14.8. The van der Waals surface area contributed by atoms with Crippen LogP contribution < -0.4 is 0 Å². The quantitative estimate of drug-likeness (QED) is 0.378. The molecular formula is C25H35NO3. The van der Waals surface area contributed by atoms with Crippen LogP contribution in [0.4, 0.5) is 0 Å². The van der Waals surface area contributed by atoms with Crippen LogP contribution >= 0.6 is 0 Å². The van der Waals surface area contributed by atoms with Crippen molar-refractivity contribution in [2.45, 2.75) is 91.9 Å². The van der Waals surface area contributed by atoms with Crippen molar-refractivity contribution >= 4 is 0 Å². The van der Waals surface area contributed by atoms with E-state index in [1.165, 1.54) is 11.1 Å². The van der Waals surface area contributed by atoms with Crippen LogP contribution in [0.2, 0.25) is 0 Å². The Morgan fingerprint density at radius 2 is 1.69 bits per heavy atom. The average molecular weight is 398 g/mol. The van der Waals surface area contributed by atoms with Crippen LogP contribution in [0, 0.1) is 20.8 Å². The third kappa shape index (κ3) is 5.23. The van der Waals surface area contributed by atoms with Gasteiger partial charge in [0.05, 0.1) is 6.20 Å². The van der Waals surface area contributed by atoms with Crippen LogP contribution in [-0.4, -0.2) is 4.98 Å². The molecule has 0 saturated carbocycles. The minimum absolute atomic E-state index is 0.267. The molecule has 29 heavy (non-hydrogen) atoms.